The Bertz CT molecular complexity index is 1460. The minimum atomic E-state index is -0.218. The van der Waals surface area contributed by atoms with E-state index in [1.165, 1.54) is 0 Å². The molecule has 0 aliphatic heterocycles. The van der Waals surface area contributed by atoms with E-state index in [1.807, 2.05) is 61.3 Å². The van der Waals surface area contributed by atoms with Crippen molar-refractivity contribution in [2.45, 2.75) is 13.3 Å². The van der Waals surface area contributed by atoms with E-state index in [9.17, 15) is 9.59 Å². The van der Waals surface area contributed by atoms with Crippen LogP contribution >= 0.6 is 35.0 Å². The summed E-state index contributed by atoms with van der Waals surface area (Å²) < 4.78 is 1.91. The number of nitrogens with zero attached hydrogens (tertiary/aromatic N) is 3. The quantitative estimate of drug-likeness (QED) is 0.174. The second-order valence-electron chi connectivity index (χ2n) is 9.15. The highest BCUT2D eigenvalue weighted by Gasteiger charge is 2.15. The normalized spacial score (nSPS) is 11.1. The van der Waals surface area contributed by atoms with Crippen LogP contribution in [0.25, 0.3) is 22.6 Å². The van der Waals surface area contributed by atoms with Gasteiger partial charge in [0.1, 0.15) is 0 Å². The molecule has 0 unspecified atom stereocenters. The molecular formula is C28H32Cl2N6O2S. The summed E-state index contributed by atoms with van der Waals surface area (Å²) in [5, 5.41) is 5.94. The molecule has 2 heterocycles. The second-order valence-corrected chi connectivity index (χ2v) is 10.9. The highest BCUT2D eigenvalue weighted by Crippen LogP contribution is 2.27. The maximum Gasteiger partial charge on any atom is 0.255 e. The lowest BCUT2D eigenvalue weighted by Crippen LogP contribution is -2.27. The molecule has 2 aromatic carbocycles. The van der Waals surface area contributed by atoms with E-state index in [4.69, 9.17) is 28.2 Å². The first-order chi connectivity index (χ1) is 18.8. The Labute approximate surface area is 242 Å². The van der Waals surface area contributed by atoms with Crippen LogP contribution in [0.3, 0.4) is 0 Å². The minimum absolute atomic E-state index is 0.0190. The van der Waals surface area contributed by atoms with Crippen LogP contribution in [0.2, 0.25) is 0 Å². The van der Waals surface area contributed by atoms with Crippen LogP contribution in [0.15, 0.2) is 48.7 Å². The van der Waals surface area contributed by atoms with Crippen LogP contribution in [-0.2, 0) is 11.8 Å². The number of benzene rings is 2. The summed E-state index contributed by atoms with van der Waals surface area (Å²) >= 11 is 13.5. The van der Waals surface area contributed by atoms with Crippen molar-refractivity contribution < 1.29 is 9.59 Å². The number of hydrogen-bond donors (Lipinski definition) is 3. The molecule has 0 bridgehead atoms. The predicted molar refractivity (Wildman–Crippen MR) is 165 cm³/mol. The SMILES string of the molecule is CSCCC(=O)Nc1cc(-c2nc3cc(C(=O)Nc4ccc(N(CCCl)CCCl)cc4C)ccc3[nH]2)n(C)c1. The van der Waals surface area contributed by atoms with E-state index in [0.717, 1.165) is 33.9 Å². The zero-order valence-electron chi connectivity index (χ0n) is 22.2. The molecule has 11 heteroatoms. The third-order valence-corrected chi connectivity index (χ3v) is 7.29. The van der Waals surface area contributed by atoms with Crippen LogP contribution in [0, 0.1) is 6.92 Å². The third-order valence-electron chi connectivity index (χ3n) is 6.34. The molecule has 3 N–H and O–H groups in total. The highest BCUT2D eigenvalue weighted by molar-refractivity contribution is 7.98. The van der Waals surface area contributed by atoms with Crippen LogP contribution in [0.1, 0.15) is 22.3 Å². The molecule has 206 valence electrons. The number of aryl methyl sites for hydroxylation is 2. The monoisotopic (exact) mass is 586 g/mol. The van der Waals surface area contributed by atoms with Crippen LogP contribution in [0.5, 0.6) is 0 Å². The number of anilines is 3. The van der Waals surface area contributed by atoms with Crippen molar-refractivity contribution in [2.24, 2.45) is 7.05 Å². The fourth-order valence-corrected chi connectivity index (χ4v) is 5.11. The van der Waals surface area contributed by atoms with E-state index < -0.39 is 0 Å². The molecule has 2 aromatic heterocycles. The molecule has 0 spiro atoms. The topological polar surface area (TPSA) is 95.1 Å². The number of halogens is 2. The number of thioether (sulfide) groups is 1. The van der Waals surface area contributed by atoms with Gasteiger partial charge in [-0.2, -0.15) is 11.8 Å². The van der Waals surface area contributed by atoms with Gasteiger partial charge in [0.2, 0.25) is 5.91 Å². The number of H-pyrrole nitrogens is 1. The predicted octanol–water partition coefficient (Wildman–Crippen LogP) is 6.10. The molecule has 0 fully saturated rings. The first kappa shape index (κ1) is 28.9. The van der Waals surface area contributed by atoms with Gasteiger partial charge in [-0.15, -0.1) is 23.2 Å². The lowest BCUT2D eigenvalue weighted by Gasteiger charge is -2.24. The zero-order valence-corrected chi connectivity index (χ0v) is 24.5. The summed E-state index contributed by atoms with van der Waals surface area (Å²) in [6.45, 7) is 3.35. The van der Waals surface area contributed by atoms with Gasteiger partial charge in [0.15, 0.2) is 5.82 Å². The van der Waals surface area contributed by atoms with Crippen molar-refractivity contribution in [3.8, 4) is 11.5 Å². The van der Waals surface area contributed by atoms with E-state index in [-0.39, 0.29) is 11.8 Å². The van der Waals surface area contributed by atoms with Gasteiger partial charge in [-0.05, 0) is 61.2 Å². The second kappa shape index (κ2) is 13.3. The average Bonchev–Trinajstić information content (AvgIpc) is 3.50. The molecule has 2 amide bonds. The number of hydrogen-bond acceptors (Lipinski definition) is 5. The van der Waals surface area contributed by atoms with Crippen LogP contribution in [0.4, 0.5) is 17.1 Å². The van der Waals surface area contributed by atoms with Crippen molar-refractivity contribution in [2.75, 3.05) is 52.4 Å². The number of aromatic nitrogens is 3. The molecular weight excluding hydrogens is 555 g/mol. The van der Waals surface area contributed by atoms with E-state index in [1.54, 1.807) is 23.9 Å². The Hall–Kier alpha value is -3.14. The van der Waals surface area contributed by atoms with Crippen molar-refractivity contribution in [1.82, 2.24) is 14.5 Å². The summed E-state index contributed by atoms with van der Waals surface area (Å²) in [7, 11) is 1.90. The lowest BCUT2D eigenvalue weighted by atomic mass is 10.1. The smallest absolute Gasteiger partial charge is 0.255 e. The third kappa shape index (κ3) is 7.09. The Kier molecular flexibility index (Phi) is 9.83. The van der Waals surface area contributed by atoms with Gasteiger partial charge in [0, 0.05) is 67.2 Å². The van der Waals surface area contributed by atoms with Gasteiger partial charge in [-0.3, -0.25) is 9.59 Å². The molecule has 39 heavy (non-hydrogen) atoms. The number of nitrogens with one attached hydrogen (secondary N) is 3. The Morgan fingerprint density at radius 2 is 1.85 bits per heavy atom. The van der Waals surface area contributed by atoms with Crippen molar-refractivity contribution in [3.63, 3.8) is 0 Å². The first-order valence-electron chi connectivity index (χ1n) is 12.6. The molecule has 8 nitrogen and oxygen atoms in total. The Balaban J connectivity index is 1.49. The number of aromatic amines is 1. The average molecular weight is 588 g/mol. The molecule has 4 rings (SSSR count). The zero-order chi connectivity index (χ0) is 27.9. The number of imidazole rings is 1. The summed E-state index contributed by atoms with van der Waals surface area (Å²) in [5.41, 5.74) is 6.22. The summed E-state index contributed by atoms with van der Waals surface area (Å²) in [6, 6.07) is 13.2. The van der Waals surface area contributed by atoms with Gasteiger partial charge in [-0.25, -0.2) is 4.98 Å². The van der Waals surface area contributed by atoms with Crippen molar-refractivity contribution in [1.29, 1.82) is 0 Å². The number of amides is 2. The maximum atomic E-state index is 13.1. The fourth-order valence-electron chi connectivity index (χ4n) is 4.31. The van der Waals surface area contributed by atoms with E-state index >= 15 is 0 Å². The summed E-state index contributed by atoms with van der Waals surface area (Å²) in [4.78, 5) is 35.4. The Morgan fingerprint density at radius 3 is 2.54 bits per heavy atom. The van der Waals surface area contributed by atoms with E-state index in [0.29, 0.717) is 53.9 Å². The minimum Gasteiger partial charge on any atom is -0.369 e. The Morgan fingerprint density at radius 1 is 1.08 bits per heavy atom. The standard InChI is InChI=1S/C28H32Cl2N6O2S/c1-18-14-21(36(11-9-29)12-10-30)5-7-22(18)34-28(38)19-4-6-23-24(15-19)33-27(32-23)25-16-20(17-35(25)2)31-26(37)8-13-39-3/h4-7,14-17H,8-13H2,1-3H3,(H,31,37)(H,32,33)(H,34,38). The highest BCUT2D eigenvalue weighted by atomic mass is 35.5. The van der Waals surface area contributed by atoms with Crippen LogP contribution < -0.4 is 15.5 Å². The molecule has 0 aliphatic carbocycles. The van der Waals surface area contributed by atoms with E-state index in [2.05, 4.69) is 20.5 Å². The fraction of sp³-hybridized carbons (Fsp3) is 0.321. The molecule has 0 aliphatic rings. The number of carbonyl (C=O) groups is 2. The maximum absolute atomic E-state index is 13.1. The number of rotatable bonds is 12. The molecule has 0 saturated heterocycles. The lowest BCUT2D eigenvalue weighted by molar-refractivity contribution is -0.115. The molecule has 0 atom stereocenters. The van der Waals surface area contributed by atoms with Gasteiger partial charge in [0.05, 0.1) is 22.4 Å². The van der Waals surface area contributed by atoms with Crippen molar-refractivity contribution >= 4 is 74.9 Å². The molecule has 0 radical (unpaired) electrons. The first-order valence-corrected chi connectivity index (χ1v) is 15.0. The van der Waals surface area contributed by atoms with Gasteiger partial charge in [0.25, 0.3) is 5.91 Å². The van der Waals surface area contributed by atoms with Crippen molar-refractivity contribution in [3.05, 3.63) is 59.8 Å². The van der Waals surface area contributed by atoms with Gasteiger partial charge in [-0.1, -0.05) is 0 Å². The summed E-state index contributed by atoms with van der Waals surface area (Å²) in [5.74, 6) is 2.20. The number of fused-ring (bicyclic) bond motifs is 1. The number of alkyl halides is 2. The largest absolute Gasteiger partial charge is 0.369 e. The molecule has 4 aromatic rings. The van der Waals surface area contributed by atoms with Gasteiger partial charge >= 0.3 is 0 Å². The summed E-state index contributed by atoms with van der Waals surface area (Å²) in [6.07, 6.45) is 4.30. The van der Waals surface area contributed by atoms with Gasteiger partial charge < -0.3 is 25.1 Å². The number of carbonyl (C=O) groups excluding carboxylic acids is 2. The van der Waals surface area contributed by atoms with Crippen LogP contribution in [-0.4, -0.2) is 63.2 Å². The molecule has 0 saturated carbocycles.